The van der Waals surface area contributed by atoms with Gasteiger partial charge in [-0.3, -0.25) is 0 Å². The lowest BCUT2D eigenvalue weighted by atomic mass is 10.3. The predicted molar refractivity (Wildman–Crippen MR) is 36.6 cm³/mol. The van der Waals surface area contributed by atoms with Gasteiger partial charge < -0.3 is 14.6 Å². The second kappa shape index (κ2) is 3.91. The van der Waals surface area contributed by atoms with Crippen molar-refractivity contribution in [3.05, 3.63) is 0 Å². The molecule has 60 valence electrons. The molecule has 1 rings (SSSR count). The first-order chi connectivity index (χ1) is 4.86. The summed E-state index contributed by atoms with van der Waals surface area (Å²) in [6.07, 6.45) is 1.83. The second-order valence-electron chi connectivity index (χ2n) is 2.49. The number of aliphatic hydroxyl groups excluding tert-OH is 1. The summed E-state index contributed by atoms with van der Waals surface area (Å²) < 4.78 is 10.5. The Kier molecular flexibility index (Phi) is 3.12. The average molecular weight is 146 g/mol. The molecule has 2 atom stereocenters. The summed E-state index contributed by atoms with van der Waals surface area (Å²) in [6, 6.07) is 0. The first kappa shape index (κ1) is 7.98. The van der Waals surface area contributed by atoms with Crippen LogP contribution >= 0.6 is 0 Å². The summed E-state index contributed by atoms with van der Waals surface area (Å²) in [6.45, 7) is 2.69. The van der Waals surface area contributed by atoms with Gasteiger partial charge >= 0.3 is 0 Å². The molecular formula is C7H14O3. The highest BCUT2D eigenvalue weighted by atomic mass is 16.7. The summed E-state index contributed by atoms with van der Waals surface area (Å²) in [7, 11) is 0. The minimum atomic E-state index is -0.0865. The topological polar surface area (TPSA) is 38.7 Å². The van der Waals surface area contributed by atoms with Crippen LogP contribution in [0.4, 0.5) is 0 Å². The maximum Gasteiger partial charge on any atom is 0.158 e. The maximum atomic E-state index is 8.65. The zero-order chi connectivity index (χ0) is 7.40. The molecule has 1 aliphatic rings. The molecular weight excluding hydrogens is 132 g/mol. The van der Waals surface area contributed by atoms with Crippen LogP contribution in [0.2, 0.25) is 0 Å². The average Bonchev–Trinajstić information content (AvgIpc) is 2.37. The molecule has 0 spiro atoms. The van der Waals surface area contributed by atoms with E-state index < -0.39 is 0 Å². The molecule has 0 saturated carbocycles. The maximum absolute atomic E-state index is 8.65. The highest BCUT2D eigenvalue weighted by Crippen LogP contribution is 2.14. The van der Waals surface area contributed by atoms with Crippen LogP contribution in [0.25, 0.3) is 0 Å². The van der Waals surface area contributed by atoms with Gasteiger partial charge in [-0.15, -0.1) is 0 Å². The Morgan fingerprint density at radius 1 is 1.60 bits per heavy atom. The Bertz CT molecular complexity index is 94.9. The molecule has 0 amide bonds. The van der Waals surface area contributed by atoms with Gasteiger partial charge in [0.1, 0.15) is 6.10 Å². The van der Waals surface area contributed by atoms with Crippen molar-refractivity contribution in [3.8, 4) is 0 Å². The second-order valence-corrected chi connectivity index (χ2v) is 2.49. The summed E-state index contributed by atoms with van der Waals surface area (Å²) in [5.74, 6) is 0. The van der Waals surface area contributed by atoms with Gasteiger partial charge in [0, 0.05) is 0 Å². The molecule has 3 nitrogen and oxygen atoms in total. The van der Waals surface area contributed by atoms with Crippen molar-refractivity contribution in [1.82, 2.24) is 0 Å². The molecule has 3 heteroatoms. The highest BCUT2D eigenvalue weighted by molar-refractivity contribution is 4.62. The molecule has 0 aliphatic carbocycles. The van der Waals surface area contributed by atoms with E-state index in [1.807, 2.05) is 0 Å². The minimum Gasteiger partial charge on any atom is -0.394 e. The van der Waals surface area contributed by atoms with E-state index in [1.54, 1.807) is 0 Å². The molecule has 0 radical (unpaired) electrons. The van der Waals surface area contributed by atoms with Gasteiger partial charge in [0.15, 0.2) is 6.29 Å². The fraction of sp³-hybridized carbons (Fsp3) is 1.00. The smallest absolute Gasteiger partial charge is 0.158 e. The predicted octanol–water partition coefficient (Wildman–Crippen LogP) is 0.520. The first-order valence-corrected chi connectivity index (χ1v) is 3.74. The van der Waals surface area contributed by atoms with Crippen LogP contribution in [0, 0.1) is 0 Å². The Hall–Kier alpha value is -0.120. The van der Waals surface area contributed by atoms with Gasteiger partial charge in [0.25, 0.3) is 0 Å². The first-order valence-electron chi connectivity index (χ1n) is 3.74. The third kappa shape index (κ3) is 1.94. The largest absolute Gasteiger partial charge is 0.394 e. The molecule has 0 aromatic carbocycles. The fourth-order valence-electron chi connectivity index (χ4n) is 0.991. The van der Waals surface area contributed by atoms with E-state index in [2.05, 4.69) is 6.92 Å². The van der Waals surface area contributed by atoms with E-state index >= 15 is 0 Å². The van der Waals surface area contributed by atoms with Crippen molar-refractivity contribution >= 4 is 0 Å². The van der Waals surface area contributed by atoms with Crippen LogP contribution < -0.4 is 0 Å². The zero-order valence-corrected chi connectivity index (χ0v) is 6.25. The summed E-state index contributed by atoms with van der Waals surface area (Å²) >= 11 is 0. The SMILES string of the molecule is CCC[C@H]1OC[C@H](CO)O1. The van der Waals surface area contributed by atoms with Crippen LogP contribution in [0.3, 0.4) is 0 Å². The Morgan fingerprint density at radius 2 is 2.40 bits per heavy atom. The van der Waals surface area contributed by atoms with E-state index in [0.717, 1.165) is 12.8 Å². The monoisotopic (exact) mass is 146 g/mol. The van der Waals surface area contributed by atoms with Crippen molar-refractivity contribution in [2.75, 3.05) is 13.2 Å². The van der Waals surface area contributed by atoms with Gasteiger partial charge in [-0.25, -0.2) is 0 Å². The van der Waals surface area contributed by atoms with Crippen LogP contribution in [-0.4, -0.2) is 30.7 Å². The third-order valence-corrected chi connectivity index (χ3v) is 1.54. The Balaban J connectivity index is 2.15. The van der Waals surface area contributed by atoms with E-state index in [9.17, 15) is 0 Å². The Labute approximate surface area is 60.9 Å². The van der Waals surface area contributed by atoms with E-state index in [-0.39, 0.29) is 19.0 Å². The number of aliphatic hydroxyl groups is 1. The summed E-state index contributed by atoms with van der Waals surface area (Å²) in [5.41, 5.74) is 0. The van der Waals surface area contributed by atoms with Crippen molar-refractivity contribution < 1.29 is 14.6 Å². The zero-order valence-electron chi connectivity index (χ0n) is 6.25. The molecule has 0 aromatic rings. The fourth-order valence-corrected chi connectivity index (χ4v) is 0.991. The highest BCUT2D eigenvalue weighted by Gasteiger charge is 2.23. The van der Waals surface area contributed by atoms with Crippen LogP contribution in [0.5, 0.6) is 0 Å². The summed E-state index contributed by atoms with van der Waals surface area (Å²) in [4.78, 5) is 0. The number of ether oxygens (including phenoxy) is 2. The van der Waals surface area contributed by atoms with Crippen molar-refractivity contribution in [2.24, 2.45) is 0 Å². The van der Waals surface area contributed by atoms with Crippen molar-refractivity contribution in [1.29, 1.82) is 0 Å². The van der Waals surface area contributed by atoms with E-state index in [1.165, 1.54) is 0 Å². The minimum absolute atomic E-state index is 0.0675. The third-order valence-electron chi connectivity index (χ3n) is 1.54. The molecule has 1 fully saturated rings. The number of hydrogen-bond acceptors (Lipinski definition) is 3. The van der Waals surface area contributed by atoms with Crippen LogP contribution in [-0.2, 0) is 9.47 Å². The van der Waals surface area contributed by atoms with Gasteiger partial charge in [-0.05, 0) is 6.42 Å². The number of rotatable bonds is 3. The van der Waals surface area contributed by atoms with Gasteiger partial charge in [0.2, 0.25) is 0 Å². The Morgan fingerprint density at radius 3 is 2.90 bits per heavy atom. The lowest BCUT2D eigenvalue weighted by Gasteiger charge is -2.07. The standard InChI is InChI=1S/C7H14O3/c1-2-3-7-9-5-6(4-8)10-7/h6-8H,2-5H2,1H3/t6-,7-/m0/s1. The van der Waals surface area contributed by atoms with Crippen LogP contribution in [0.1, 0.15) is 19.8 Å². The van der Waals surface area contributed by atoms with Gasteiger partial charge in [-0.1, -0.05) is 13.3 Å². The van der Waals surface area contributed by atoms with Gasteiger partial charge in [0.05, 0.1) is 13.2 Å². The molecule has 0 aromatic heterocycles. The molecule has 0 unspecified atom stereocenters. The van der Waals surface area contributed by atoms with Gasteiger partial charge in [-0.2, -0.15) is 0 Å². The van der Waals surface area contributed by atoms with E-state index in [4.69, 9.17) is 14.6 Å². The number of hydrogen-bond donors (Lipinski definition) is 1. The lowest BCUT2D eigenvalue weighted by molar-refractivity contribution is -0.0692. The summed E-state index contributed by atoms with van der Waals surface area (Å²) in [5, 5.41) is 8.65. The molecule has 1 heterocycles. The van der Waals surface area contributed by atoms with Crippen molar-refractivity contribution in [2.45, 2.75) is 32.2 Å². The van der Waals surface area contributed by atoms with Crippen LogP contribution in [0.15, 0.2) is 0 Å². The molecule has 10 heavy (non-hydrogen) atoms. The molecule has 1 N–H and O–H groups in total. The molecule has 1 aliphatic heterocycles. The lowest BCUT2D eigenvalue weighted by Crippen LogP contribution is -2.16. The van der Waals surface area contributed by atoms with Crippen molar-refractivity contribution in [3.63, 3.8) is 0 Å². The molecule has 1 saturated heterocycles. The molecule has 0 bridgehead atoms. The normalized spacial score (nSPS) is 33.0. The van der Waals surface area contributed by atoms with E-state index in [0.29, 0.717) is 6.61 Å². The quantitative estimate of drug-likeness (QED) is 0.631.